The van der Waals surface area contributed by atoms with Gasteiger partial charge in [0.15, 0.2) is 5.54 Å². The number of rotatable bonds is 7. The summed E-state index contributed by atoms with van der Waals surface area (Å²) in [5, 5.41) is 20.7. The molecule has 0 bridgehead atoms. The lowest BCUT2D eigenvalue weighted by Crippen LogP contribution is -2.54. The second-order valence-electron chi connectivity index (χ2n) is 4.22. The van der Waals surface area contributed by atoms with E-state index in [1.807, 2.05) is 0 Å². The molecule has 1 aromatic carbocycles. The standard InChI is InChI=1S/C12H16F2N2O3/c13-10(14)12(15,11(18)19)6-1-7-16-8-2-4-9(17)5-3-8/h2-5,10,16-17H,1,6-7,15H2,(H,18,19). The number of carboxylic acid groups (broad SMARTS) is 1. The first-order valence-corrected chi connectivity index (χ1v) is 5.69. The molecule has 0 aliphatic heterocycles. The van der Waals surface area contributed by atoms with Crippen molar-refractivity contribution in [3.63, 3.8) is 0 Å². The SMILES string of the molecule is NC(CCCNc1ccc(O)cc1)(C(=O)O)C(F)F. The maximum absolute atomic E-state index is 12.6. The molecular weight excluding hydrogens is 258 g/mol. The van der Waals surface area contributed by atoms with Gasteiger partial charge in [-0.05, 0) is 37.1 Å². The molecule has 0 aromatic heterocycles. The van der Waals surface area contributed by atoms with Gasteiger partial charge in [0.25, 0.3) is 6.43 Å². The third-order valence-electron chi connectivity index (χ3n) is 2.75. The summed E-state index contributed by atoms with van der Waals surface area (Å²) in [6.45, 7) is 0.309. The van der Waals surface area contributed by atoms with Gasteiger partial charge in [-0.2, -0.15) is 0 Å². The highest BCUT2D eigenvalue weighted by Gasteiger charge is 2.43. The molecule has 0 saturated carbocycles. The van der Waals surface area contributed by atoms with Crippen molar-refractivity contribution < 1.29 is 23.8 Å². The second kappa shape index (κ2) is 6.33. The normalized spacial score (nSPS) is 14.1. The lowest BCUT2D eigenvalue weighted by molar-refractivity contribution is -0.150. The largest absolute Gasteiger partial charge is 0.508 e. The van der Waals surface area contributed by atoms with Crippen LogP contribution in [0.5, 0.6) is 5.75 Å². The number of phenols is 1. The highest BCUT2D eigenvalue weighted by atomic mass is 19.3. The summed E-state index contributed by atoms with van der Waals surface area (Å²) < 4.78 is 25.1. The van der Waals surface area contributed by atoms with E-state index >= 15 is 0 Å². The lowest BCUT2D eigenvalue weighted by atomic mass is 9.95. The molecule has 5 nitrogen and oxygen atoms in total. The summed E-state index contributed by atoms with van der Waals surface area (Å²) >= 11 is 0. The predicted molar refractivity (Wildman–Crippen MR) is 66.4 cm³/mol. The summed E-state index contributed by atoms with van der Waals surface area (Å²) in [5.41, 5.74) is 3.37. The van der Waals surface area contributed by atoms with Crippen LogP contribution in [0.4, 0.5) is 14.5 Å². The number of anilines is 1. The van der Waals surface area contributed by atoms with Gasteiger partial charge in [0.05, 0.1) is 0 Å². The number of carbonyl (C=O) groups is 1. The van der Waals surface area contributed by atoms with Gasteiger partial charge in [-0.25, -0.2) is 13.6 Å². The fourth-order valence-electron chi connectivity index (χ4n) is 1.50. The molecule has 0 amide bonds. The molecule has 0 aliphatic rings. The summed E-state index contributed by atoms with van der Waals surface area (Å²) in [6.07, 6.45) is -3.25. The molecule has 1 rings (SSSR count). The minimum atomic E-state index is -3.11. The van der Waals surface area contributed by atoms with E-state index in [-0.39, 0.29) is 18.6 Å². The zero-order chi connectivity index (χ0) is 14.5. The van der Waals surface area contributed by atoms with E-state index in [4.69, 9.17) is 15.9 Å². The number of carboxylic acids is 1. The fourth-order valence-corrected chi connectivity index (χ4v) is 1.50. The molecule has 7 heteroatoms. The van der Waals surface area contributed by atoms with Crippen LogP contribution >= 0.6 is 0 Å². The van der Waals surface area contributed by atoms with Crippen molar-refractivity contribution in [3.8, 4) is 5.75 Å². The van der Waals surface area contributed by atoms with Crippen LogP contribution in [0, 0.1) is 0 Å². The van der Waals surface area contributed by atoms with Crippen LogP contribution in [0.25, 0.3) is 0 Å². The van der Waals surface area contributed by atoms with E-state index in [0.29, 0.717) is 12.2 Å². The topological polar surface area (TPSA) is 95.6 Å². The number of phenolic OH excluding ortho intramolecular Hbond substituents is 1. The Hall–Kier alpha value is -1.89. The zero-order valence-corrected chi connectivity index (χ0v) is 10.1. The highest BCUT2D eigenvalue weighted by Crippen LogP contribution is 2.20. The first-order valence-electron chi connectivity index (χ1n) is 5.69. The molecule has 0 saturated heterocycles. The van der Waals surface area contributed by atoms with Crippen molar-refractivity contribution in [2.45, 2.75) is 24.8 Å². The monoisotopic (exact) mass is 274 g/mol. The smallest absolute Gasteiger partial charge is 0.329 e. The van der Waals surface area contributed by atoms with Gasteiger partial charge >= 0.3 is 5.97 Å². The van der Waals surface area contributed by atoms with Crippen molar-refractivity contribution in [1.82, 2.24) is 0 Å². The van der Waals surface area contributed by atoms with E-state index < -0.39 is 17.9 Å². The van der Waals surface area contributed by atoms with Crippen LogP contribution in [0.3, 0.4) is 0 Å². The minimum absolute atomic E-state index is 0.120. The van der Waals surface area contributed by atoms with Gasteiger partial charge in [0.1, 0.15) is 5.75 Å². The molecule has 1 aromatic rings. The van der Waals surface area contributed by atoms with Crippen molar-refractivity contribution in [3.05, 3.63) is 24.3 Å². The third kappa shape index (κ3) is 4.06. The average Bonchev–Trinajstić information content (AvgIpc) is 2.36. The Morgan fingerprint density at radius 2 is 1.95 bits per heavy atom. The Labute approximate surface area is 109 Å². The predicted octanol–water partition coefficient (Wildman–Crippen LogP) is 1.63. The first kappa shape index (κ1) is 15.2. The number of nitrogens with two attached hydrogens (primary N) is 1. The zero-order valence-electron chi connectivity index (χ0n) is 10.1. The summed E-state index contributed by atoms with van der Waals surface area (Å²) in [6, 6.07) is 6.20. The number of alkyl halides is 2. The van der Waals surface area contributed by atoms with Gasteiger partial charge in [-0.3, -0.25) is 0 Å². The number of halogens is 2. The maximum atomic E-state index is 12.6. The molecule has 0 radical (unpaired) electrons. The molecule has 1 atom stereocenters. The Balaban J connectivity index is 2.41. The first-order chi connectivity index (χ1) is 8.86. The Bertz CT molecular complexity index is 425. The summed E-state index contributed by atoms with van der Waals surface area (Å²) in [4.78, 5) is 10.7. The van der Waals surface area contributed by atoms with E-state index in [2.05, 4.69) is 5.32 Å². The van der Waals surface area contributed by atoms with Gasteiger partial charge in [0.2, 0.25) is 0 Å². The average molecular weight is 274 g/mol. The van der Waals surface area contributed by atoms with Crippen LogP contribution < -0.4 is 11.1 Å². The number of aromatic hydroxyl groups is 1. The van der Waals surface area contributed by atoms with Crippen molar-refractivity contribution in [2.75, 3.05) is 11.9 Å². The quantitative estimate of drug-likeness (QED) is 0.448. The van der Waals surface area contributed by atoms with E-state index in [1.165, 1.54) is 12.1 Å². The minimum Gasteiger partial charge on any atom is -0.508 e. The van der Waals surface area contributed by atoms with Gasteiger partial charge in [-0.1, -0.05) is 0 Å². The van der Waals surface area contributed by atoms with E-state index in [0.717, 1.165) is 0 Å². The molecule has 0 heterocycles. The van der Waals surface area contributed by atoms with Crippen LogP contribution in [-0.2, 0) is 4.79 Å². The number of hydrogen-bond acceptors (Lipinski definition) is 4. The fraction of sp³-hybridized carbons (Fsp3) is 0.417. The Kier molecular flexibility index (Phi) is 5.05. The maximum Gasteiger partial charge on any atom is 0.329 e. The van der Waals surface area contributed by atoms with Crippen molar-refractivity contribution in [1.29, 1.82) is 0 Å². The molecule has 5 N–H and O–H groups in total. The molecule has 1 unspecified atom stereocenters. The number of aliphatic carboxylic acids is 1. The third-order valence-corrected chi connectivity index (χ3v) is 2.75. The van der Waals surface area contributed by atoms with Crippen molar-refractivity contribution in [2.24, 2.45) is 5.73 Å². The molecule has 0 aliphatic carbocycles. The van der Waals surface area contributed by atoms with Crippen LogP contribution in [0.1, 0.15) is 12.8 Å². The molecule has 106 valence electrons. The van der Waals surface area contributed by atoms with Crippen molar-refractivity contribution >= 4 is 11.7 Å². The van der Waals surface area contributed by atoms with Gasteiger partial charge in [0, 0.05) is 12.2 Å². The molecule has 19 heavy (non-hydrogen) atoms. The van der Waals surface area contributed by atoms with Gasteiger partial charge < -0.3 is 21.3 Å². The second-order valence-corrected chi connectivity index (χ2v) is 4.22. The van der Waals surface area contributed by atoms with Crippen LogP contribution in [0.15, 0.2) is 24.3 Å². The van der Waals surface area contributed by atoms with Crippen LogP contribution in [-0.4, -0.2) is 34.7 Å². The summed E-state index contributed by atoms with van der Waals surface area (Å²) in [7, 11) is 0. The molecule has 0 spiro atoms. The Morgan fingerprint density at radius 3 is 2.42 bits per heavy atom. The molecular formula is C12H16F2N2O3. The summed E-state index contributed by atoms with van der Waals surface area (Å²) in [5.74, 6) is -1.58. The number of nitrogens with one attached hydrogen (secondary N) is 1. The lowest BCUT2D eigenvalue weighted by Gasteiger charge is -2.23. The molecule has 0 fully saturated rings. The Morgan fingerprint density at radius 1 is 1.37 bits per heavy atom. The number of hydrogen-bond donors (Lipinski definition) is 4. The van der Waals surface area contributed by atoms with Gasteiger partial charge in [-0.15, -0.1) is 0 Å². The van der Waals surface area contributed by atoms with E-state index in [9.17, 15) is 13.6 Å². The number of benzene rings is 1. The van der Waals surface area contributed by atoms with Crippen LogP contribution in [0.2, 0.25) is 0 Å². The highest BCUT2D eigenvalue weighted by molar-refractivity contribution is 5.79. The van der Waals surface area contributed by atoms with E-state index in [1.54, 1.807) is 12.1 Å².